The van der Waals surface area contributed by atoms with Crippen LogP contribution < -0.4 is 5.32 Å². The van der Waals surface area contributed by atoms with Crippen LogP contribution in [0.3, 0.4) is 0 Å². The minimum atomic E-state index is -2.83. The molecule has 0 unspecified atom stereocenters. The molecule has 0 aromatic heterocycles. The van der Waals surface area contributed by atoms with Crippen molar-refractivity contribution in [3.8, 4) is 5.75 Å². The molecule has 1 aliphatic heterocycles. The molecule has 1 aromatic rings. The second kappa shape index (κ2) is 9.65. The van der Waals surface area contributed by atoms with Gasteiger partial charge in [0.1, 0.15) is 28.9 Å². The second-order valence-electron chi connectivity index (χ2n) is 11.6. The summed E-state index contributed by atoms with van der Waals surface area (Å²) in [7, 11) is 3.00. The van der Waals surface area contributed by atoms with Gasteiger partial charge in [0, 0.05) is 24.0 Å². The number of phenols is 1. The summed E-state index contributed by atoms with van der Waals surface area (Å²) in [6, 6.07) is 2.08. The van der Waals surface area contributed by atoms with Crippen molar-refractivity contribution in [2.75, 3.05) is 27.3 Å². The van der Waals surface area contributed by atoms with E-state index in [2.05, 4.69) is 5.32 Å². The van der Waals surface area contributed by atoms with E-state index in [0.29, 0.717) is 19.4 Å². The summed E-state index contributed by atoms with van der Waals surface area (Å²) < 4.78 is 0. The van der Waals surface area contributed by atoms with Gasteiger partial charge in [0.05, 0.1) is 23.9 Å². The third kappa shape index (κ3) is 3.98. The van der Waals surface area contributed by atoms with E-state index in [0.717, 1.165) is 0 Å². The number of carbonyl (C=O) groups excluding carboxylic acids is 3. The van der Waals surface area contributed by atoms with Crippen molar-refractivity contribution in [2.24, 2.45) is 11.8 Å². The van der Waals surface area contributed by atoms with Crippen LogP contribution in [-0.2, 0) is 24.8 Å². The smallest absolute Gasteiger partial charge is 0.320 e. The Kier molecular flexibility index (Phi) is 6.77. The molecule has 0 spiro atoms. The topological polar surface area (TPSA) is 208 Å². The van der Waals surface area contributed by atoms with Gasteiger partial charge >= 0.3 is 5.97 Å². The number of aliphatic carboxylic acids is 1. The molecule has 1 amide bonds. The summed E-state index contributed by atoms with van der Waals surface area (Å²) in [5.74, 6) is -8.99. The van der Waals surface area contributed by atoms with E-state index < -0.39 is 87.0 Å². The normalized spacial score (nSPS) is 33.5. The molecule has 0 radical (unpaired) electrons. The number of ketones is 2. The molecule has 1 saturated carbocycles. The quantitative estimate of drug-likeness (QED) is 0.229. The monoisotopic (exact) mass is 571 g/mol. The van der Waals surface area contributed by atoms with E-state index >= 15 is 0 Å². The number of likely N-dealkylation sites (tertiary alicyclic amines) is 1. The summed E-state index contributed by atoms with van der Waals surface area (Å²) >= 11 is 0. The third-order valence-electron chi connectivity index (χ3n) is 9.09. The molecule has 5 rings (SSSR count). The number of fused-ring (bicyclic) bond motifs is 3. The Labute approximate surface area is 235 Å². The van der Waals surface area contributed by atoms with Gasteiger partial charge in [0.15, 0.2) is 11.4 Å². The van der Waals surface area contributed by atoms with Crippen LogP contribution in [-0.4, -0.2) is 109 Å². The zero-order chi connectivity index (χ0) is 30.2. The standard InChI is InChI=1S/C28H33N3O10/c1-27(40)12-6-4-8-16(32)17(12)21(33)18-13(27)10-14-20(30(2)3)22(34)19(24(36)28(14,41)23(18)35)25(37)29-11-31-9-5-7-15(31)26(38)39/h4,6,8,13-15,20,32-33,36,40-41H,5,7,9-11H2,1-3H3,(H,29,37)(H,38,39)/t13-,14-,15-,20-,27+,28-/m0/s1. The Morgan fingerprint density at radius 1 is 1.15 bits per heavy atom. The minimum absolute atomic E-state index is 0.145. The Balaban J connectivity index is 1.61. The highest BCUT2D eigenvalue weighted by molar-refractivity contribution is 6.25. The van der Waals surface area contributed by atoms with Crippen LogP contribution in [0.5, 0.6) is 5.75 Å². The molecule has 4 aliphatic rings. The van der Waals surface area contributed by atoms with Crippen LogP contribution in [0, 0.1) is 11.8 Å². The molecule has 13 nitrogen and oxygen atoms in total. The van der Waals surface area contributed by atoms with E-state index in [1.54, 1.807) is 0 Å². The largest absolute Gasteiger partial charge is 0.508 e. The van der Waals surface area contributed by atoms with Crippen molar-refractivity contribution in [1.82, 2.24) is 15.1 Å². The minimum Gasteiger partial charge on any atom is -0.508 e. The van der Waals surface area contributed by atoms with Crippen molar-refractivity contribution in [1.29, 1.82) is 0 Å². The van der Waals surface area contributed by atoms with Gasteiger partial charge in [-0.25, -0.2) is 0 Å². The first-order valence-corrected chi connectivity index (χ1v) is 13.3. The maximum Gasteiger partial charge on any atom is 0.320 e. The Morgan fingerprint density at radius 3 is 2.46 bits per heavy atom. The molecule has 1 heterocycles. The number of aliphatic hydroxyl groups is 4. The molecule has 41 heavy (non-hydrogen) atoms. The molecule has 1 aromatic carbocycles. The van der Waals surface area contributed by atoms with Crippen molar-refractivity contribution in [3.63, 3.8) is 0 Å². The molecule has 13 heteroatoms. The number of nitrogens with zero attached hydrogens (tertiary/aromatic N) is 2. The first kappa shape index (κ1) is 28.7. The van der Waals surface area contributed by atoms with Crippen LogP contribution in [0.25, 0.3) is 5.76 Å². The number of carboxylic acids is 1. The number of carbonyl (C=O) groups is 4. The highest BCUT2D eigenvalue weighted by Gasteiger charge is 2.66. The fourth-order valence-corrected chi connectivity index (χ4v) is 7.04. The lowest BCUT2D eigenvalue weighted by Gasteiger charge is -2.53. The number of likely N-dealkylation sites (N-methyl/N-ethyl adjacent to an activating group) is 1. The first-order chi connectivity index (χ1) is 19.1. The van der Waals surface area contributed by atoms with Gasteiger partial charge in [0.2, 0.25) is 5.78 Å². The molecule has 6 atom stereocenters. The Morgan fingerprint density at radius 2 is 1.83 bits per heavy atom. The summed E-state index contributed by atoms with van der Waals surface area (Å²) in [6.07, 6.45) is 0.713. The average Bonchev–Trinajstić information content (AvgIpc) is 3.37. The number of phenolic OH excluding ortho intramolecular Hbond substituents is 1. The lowest BCUT2D eigenvalue weighted by atomic mass is 9.54. The number of aromatic hydroxyl groups is 1. The zero-order valence-electron chi connectivity index (χ0n) is 22.8. The Bertz CT molecular complexity index is 1430. The fraction of sp³-hybridized carbons (Fsp3) is 0.500. The number of benzene rings is 1. The molecule has 0 bridgehead atoms. The average molecular weight is 572 g/mol. The summed E-state index contributed by atoms with van der Waals surface area (Å²) in [5, 5.41) is 68.3. The van der Waals surface area contributed by atoms with E-state index in [9.17, 15) is 49.8 Å². The highest BCUT2D eigenvalue weighted by Crippen LogP contribution is 2.57. The number of hydrogen-bond donors (Lipinski definition) is 7. The second-order valence-corrected chi connectivity index (χ2v) is 11.6. The van der Waals surface area contributed by atoms with Crippen LogP contribution in [0.4, 0.5) is 0 Å². The number of carboxylic acid groups (broad SMARTS) is 1. The maximum atomic E-state index is 14.1. The fourth-order valence-electron chi connectivity index (χ4n) is 7.04. The van der Waals surface area contributed by atoms with Gasteiger partial charge in [-0.1, -0.05) is 12.1 Å². The first-order valence-electron chi connectivity index (χ1n) is 13.3. The molecular weight excluding hydrogens is 538 g/mol. The van der Waals surface area contributed by atoms with Gasteiger partial charge in [0.25, 0.3) is 5.91 Å². The van der Waals surface area contributed by atoms with Crippen molar-refractivity contribution >= 4 is 29.2 Å². The van der Waals surface area contributed by atoms with Crippen molar-refractivity contribution < 1.29 is 49.8 Å². The van der Waals surface area contributed by atoms with E-state index in [1.807, 2.05) is 0 Å². The van der Waals surface area contributed by atoms with Gasteiger partial charge in [-0.05, 0) is 51.9 Å². The number of hydrogen-bond acceptors (Lipinski definition) is 11. The van der Waals surface area contributed by atoms with Crippen molar-refractivity contribution in [2.45, 2.75) is 49.5 Å². The molecule has 3 aliphatic carbocycles. The summed E-state index contributed by atoms with van der Waals surface area (Å²) in [5.41, 5.74) is -6.00. The number of Topliss-reactive ketones (excluding diaryl/α,β-unsaturated/α-hetero) is 2. The van der Waals surface area contributed by atoms with Gasteiger partial charge in [-0.15, -0.1) is 0 Å². The van der Waals surface area contributed by atoms with E-state index in [1.165, 1.54) is 49.0 Å². The van der Waals surface area contributed by atoms with Crippen LogP contribution in [0.15, 0.2) is 35.1 Å². The van der Waals surface area contributed by atoms with Gasteiger partial charge in [-0.3, -0.25) is 29.0 Å². The van der Waals surface area contributed by atoms with Gasteiger partial charge < -0.3 is 36.0 Å². The molecule has 1 saturated heterocycles. The molecular formula is C28H33N3O10. The highest BCUT2D eigenvalue weighted by atomic mass is 16.4. The summed E-state index contributed by atoms with van der Waals surface area (Å²) in [6.45, 7) is 1.52. The van der Waals surface area contributed by atoms with Gasteiger partial charge in [-0.2, -0.15) is 0 Å². The Hall–Kier alpha value is -3.78. The summed E-state index contributed by atoms with van der Waals surface area (Å²) in [4.78, 5) is 55.5. The number of aliphatic hydroxyl groups excluding tert-OH is 2. The SMILES string of the molecule is CN(C)[C@@H]1C(=O)C(C(=O)NCN2CCC[C@H]2C(=O)O)=C(O)[C@@]2(O)C(=O)C3=C(O)c4c(O)cccc4[C@@](C)(O)[C@H]3C[C@@H]12. The van der Waals surface area contributed by atoms with E-state index in [4.69, 9.17) is 0 Å². The third-order valence-corrected chi connectivity index (χ3v) is 9.09. The van der Waals surface area contributed by atoms with Crippen LogP contribution >= 0.6 is 0 Å². The lowest BCUT2D eigenvalue weighted by molar-refractivity contribution is -0.159. The molecule has 7 N–H and O–H groups in total. The number of rotatable bonds is 5. The number of amides is 1. The van der Waals surface area contributed by atoms with E-state index in [-0.39, 0.29) is 24.2 Å². The van der Waals surface area contributed by atoms with Crippen LogP contribution in [0.1, 0.15) is 37.3 Å². The lowest BCUT2D eigenvalue weighted by Crippen LogP contribution is -2.67. The van der Waals surface area contributed by atoms with Crippen LogP contribution in [0.2, 0.25) is 0 Å². The maximum absolute atomic E-state index is 14.1. The predicted molar refractivity (Wildman–Crippen MR) is 141 cm³/mol. The molecule has 2 fully saturated rings. The number of nitrogens with one attached hydrogen (secondary N) is 1. The molecule has 220 valence electrons. The van der Waals surface area contributed by atoms with Crippen molar-refractivity contribution in [3.05, 3.63) is 46.2 Å². The predicted octanol–water partition coefficient (Wildman–Crippen LogP) is -0.234. The zero-order valence-corrected chi connectivity index (χ0v) is 22.8.